The first-order chi connectivity index (χ1) is 17.7. The maximum Gasteiger partial charge on any atom is 0.253 e. The van der Waals surface area contributed by atoms with Gasteiger partial charge in [0, 0.05) is 61.5 Å². The van der Waals surface area contributed by atoms with Crippen molar-refractivity contribution in [1.29, 1.82) is 0 Å². The molecule has 0 saturated carbocycles. The van der Waals surface area contributed by atoms with Crippen molar-refractivity contribution in [2.45, 2.75) is 18.9 Å². The van der Waals surface area contributed by atoms with Crippen LogP contribution in [0.2, 0.25) is 0 Å². The van der Waals surface area contributed by atoms with E-state index in [0.29, 0.717) is 24.6 Å². The molecule has 36 heavy (non-hydrogen) atoms. The van der Waals surface area contributed by atoms with Crippen molar-refractivity contribution in [1.82, 2.24) is 24.4 Å². The Kier molecular flexibility index (Phi) is 5.73. The molecule has 178 valence electrons. The highest BCUT2D eigenvalue weighted by molar-refractivity contribution is 5.98. The monoisotopic (exact) mass is 477 g/mol. The lowest BCUT2D eigenvalue weighted by Crippen LogP contribution is -2.28. The molecule has 0 N–H and O–H groups in total. The minimum atomic E-state index is -0.264. The fourth-order valence-electron chi connectivity index (χ4n) is 4.93. The lowest BCUT2D eigenvalue weighted by atomic mass is 10.0. The normalized spacial score (nSPS) is 15.5. The van der Waals surface area contributed by atoms with Crippen molar-refractivity contribution < 1.29 is 9.18 Å². The number of fused-ring (bicyclic) bond motifs is 1. The van der Waals surface area contributed by atoms with Crippen LogP contribution in [0.5, 0.6) is 0 Å². The summed E-state index contributed by atoms with van der Waals surface area (Å²) >= 11 is 0. The van der Waals surface area contributed by atoms with E-state index in [1.54, 1.807) is 30.7 Å². The topological polar surface area (TPSA) is 63.9 Å². The van der Waals surface area contributed by atoms with E-state index in [9.17, 15) is 9.18 Å². The fourth-order valence-corrected chi connectivity index (χ4v) is 4.93. The number of nitrogens with zero attached hydrogens (tertiary/aromatic N) is 5. The van der Waals surface area contributed by atoms with Gasteiger partial charge in [-0.3, -0.25) is 14.8 Å². The quantitative estimate of drug-likeness (QED) is 0.344. The minimum absolute atomic E-state index is 0.0156. The van der Waals surface area contributed by atoms with Crippen molar-refractivity contribution in [2.24, 2.45) is 0 Å². The predicted octanol–water partition coefficient (Wildman–Crippen LogP) is 5.31. The van der Waals surface area contributed by atoms with Gasteiger partial charge in [0.05, 0.1) is 11.0 Å². The Morgan fingerprint density at radius 1 is 0.972 bits per heavy atom. The zero-order chi connectivity index (χ0) is 24.5. The number of hydrogen-bond acceptors (Lipinski definition) is 4. The first-order valence-corrected chi connectivity index (χ1v) is 12.0. The standard InChI is InChI=1S/C29H24FN5O/c30-25-6-3-20(4-7-25)18-35-27-8-5-22(16-26(27)33-28(35)21-9-13-31-14-10-21)29(36)34-15-11-24(19-34)23-2-1-12-32-17-23/h1-10,12-14,16-17,24H,11,15,18-19H2. The summed E-state index contributed by atoms with van der Waals surface area (Å²) in [6.07, 6.45) is 8.05. The summed E-state index contributed by atoms with van der Waals surface area (Å²) in [7, 11) is 0. The molecular formula is C29H24FN5O. The van der Waals surface area contributed by atoms with Crippen LogP contribution in [0.25, 0.3) is 22.4 Å². The molecule has 5 aromatic rings. The molecule has 6 nitrogen and oxygen atoms in total. The molecule has 1 unspecified atom stereocenters. The number of halogens is 1. The summed E-state index contributed by atoms with van der Waals surface area (Å²) in [6.45, 7) is 1.93. The smallest absolute Gasteiger partial charge is 0.253 e. The van der Waals surface area contributed by atoms with E-state index in [4.69, 9.17) is 4.98 Å². The number of imidazole rings is 1. The number of aromatic nitrogens is 4. The van der Waals surface area contributed by atoms with Gasteiger partial charge in [-0.15, -0.1) is 0 Å². The summed E-state index contributed by atoms with van der Waals surface area (Å²) in [5.41, 5.74) is 5.35. The molecule has 1 aliphatic heterocycles. The molecule has 4 heterocycles. The SMILES string of the molecule is O=C(c1ccc2c(c1)nc(-c1ccncc1)n2Cc1ccc(F)cc1)N1CCC(c2cccnc2)C1. The third kappa shape index (κ3) is 4.24. The third-order valence-corrected chi connectivity index (χ3v) is 6.82. The van der Waals surface area contributed by atoms with Gasteiger partial charge in [0.1, 0.15) is 11.6 Å². The predicted molar refractivity (Wildman–Crippen MR) is 136 cm³/mol. The Morgan fingerprint density at radius 3 is 2.58 bits per heavy atom. The highest BCUT2D eigenvalue weighted by Gasteiger charge is 2.28. The van der Waals surface area contributed by atoms with Gasteiger partial charge < -0.3 is 9.47 Å². The van der Waals surface area contributed by atoms with Crippen LogP contribution in [-0.2, 0) is 6.54 Å². The first-order valence-electron chi connectivity index (χ1n) is 12.0. The Balaban J connectivity index is 1.33. The van der Waals surface area contributed by atoms with Crippen LogP contribution in [0.1, 0.15) is 33.8 Å². The maximum absolute atomic E-state index is 13.5. The molecule has 1 fully saturated rings. The number of hydrogen-bond donors (Lipinski definition) is 0. The second-order valence-electron chi connectivity index (χ2n) is 9.11. The summed E-state index contributed by atoms with van der Waals surface area (Å²) in [5.74, 6) is 0.833. The van der Waals surface area contributed by atoms with E-state index in [-0.39, 0.29) is 11.7 Å². The third-order valence-electron chi connectivity index (χ3n) is 6.82. The van der Waals surface area contributed by atoms with Crippen LogP contribution in [0.15, 0.2) is 91.5 Å². The lowest BCUT2D eigenvalue weighted by Gasteiger charge is -2.17. The highest BCUT2D eigenvalue weighted by atomic mass is 19.1. The van der Waals surface area contributed by atoms with E-state index in [2.05, 4.69) is 20.6 Å². The highest BCUT2D eigenvalue weighted by Crippen LogP contribution is 2.30. The largest absolute Gasteiger partial charge is 0.338 e. The Hall–Kier alpha value is -4.39. The molecule has 2 aromatic carbocycles. The van der Waals surface area contributed by atoms with Crippen molar-refractivity contribution in [3.63, 3.8) is 0 Å². The van der Waals surface area contributed by atoms with Crippen LogP contribution in [0.4, 0.5) is 4.39 Å². The van der Waals surface area contributed by atoms with Gasteiger partial charge in [0.15, 0.2) is 0 Å². The number of likely N-dealkylation sites (tertiary alicyclic amines) is 1. The summed E-state index contributed by atoms with van der Waals surface area (Å²) in [6, 6.07) is 20.0. The summed E-state index contributed by atoms with van der Waals surface area (Å²) in [5, 5.41) is 0. The molecule has 1 aliphatic rings. The Labute approximate surface area is 208 Å². The molecule has 1 saturated heterocycles. The van der Waals surface area contributed by atoms with Crippen LogP contribution in [-0.4, -0.2) is 43.4 Å². The number of amides is 1. The number of benzene rings is 2. The van der Waals surface area contributed by atoms with Gasteiger partial charge in [-0.1, -0.05) is 18.2 Å². The number of rotatable bonds is 5. The van der Waals surface area contributed by atoms with E-state index in [1.165, 1.54) is 17.7 Å². The molecule has 7 heteroatoms. The molecule has 0 spiro atoms. The second-order valence-corrected chi connectivity index (χ2v) is 9.11. The lowest BCUT2D eigenvalue weighted by molar-refractivity contribution is 0.0791. The van der Waals surface area contributed by atoms with E-state index < -0.39 is 0 Å². The van der Waals surface area contributed by atoms with Gasteiger partial charge in [-0.2, -0.15) is 0 Å². The molecule has 0 aliphatic carbocycles. The van der Waals surface area contributed by atoms with Crippen LogP contribution < -0.4 is 0 Å². The number of carbonyl (C=O) groups excluding carboxylic acids is 1. The number of carbonyl (C=O) groups is 1. The van der Waals surface area contributed by atoms with Crippen LogP contribution >= 0.6 is 0 Å². The Bertz CT molecular complexity index is 1520. The zero-order valence-corrected chi connectivity index (χ0v) is 19.6. The van der Waals surface area contributed by atoms with Crippen LogP contribution in [0, 0.1) is 5.82 Å². The van der Waals surface area contributed by atoms with Crippen molar-refractivity contribution in [3.8, 4) is 11.4 Å². The van der Waals surface area contributed by atoms with Crippen molar-refractivity contribution in [3.05, 3.63) is 114 Å². The van der Waals surface area contributed by atoms with Gasteiger partial charge >= 0.3 is 0 Å². The van der Waals surface area contributed by atoms with Gasteiger partial charge in [0.2, 0.25) is 0 Å². The number of pyridine rings is 2. The molecular weight excluding hydrogens is 453 g/mol. The van der Waals surface area contributed by atoms with Crippen molar-refractivity contribution in [2.75, 3.05) is 13.1 Å². The van der Waals surface area contributed by atoms with E-state index in [1.807, 2.05) is 47.5 Å². The Morgan fingerprint density at radius 2 is 1.81 bits per heavy atom. The second kappa shape index (κ2) is 9.34. The molecule has 0 radical (unpaired) electrons. The molecule has 0 bridgehead atoms. The van der Waals surface area contributed by atoms with Crippen molar-refractivity contribution >= 4 is 16.9 Å². The fraction of sp³-hybridized carbons (Fsp3) is 0.172. The average molecular weight is 478 g/mol. The van der Waals surface area contributed by atoms with Gasteiger partial charge in [0.25, 0.3) is 5.91 Å². The molecule has 3 aromatic heterocycles. The van der Waals surface area contributed by atoms with E-state index in [0.717, 1.165) is 41.0 Å². The summed E-state index contributed by atoms with van der Waals surface area (Å²) in [4.78, 5) is 28.6. The molecule has 1 atom stereocenters. The minimum Gasteiger partial charge on any atom is -0.338 e. The van der Waals surface area contributed by atoms with E-state index >= 15 is 0 Å². The van der Waals surface area contributed by atoms with Crippen LogP contribution in [0.3, 0.4) is 0 Å². The summed E-state index contributed by atoms with van der Waals surface area (Å²) < 4.78 is 15.6. The maximum atomic E-state index is 13.5. The first kappa shape index (κ1) is 22.1. The zero-order valence-electron chi connectivity index (χ0n) is 19.6. The average Bonchev–Trinajstić information content (AvgIpc) is 3.56. The van der Waals surface area contributed by atoms with Gasteiger partial charge in [-0.25, -0.2) is 9.37 Å². The molecule has 6 rings (SSSR count). The molecule has 1 amide bonds. The van der Waals surface area contributed by atoms with Gasteiger partial charge in [-0.05, 0) is 66.1 Å².